The maximum absolute atomic E-state index is 10.8. The number of aryl methyl sites for hydroxylation is 2. The maximum Gasteiger partial charge on any atom is 0.250 e. The van der Waals surface area contributed by atoms with E-state index in [0.717, 1.165) is 25.1 Å². The predicted octanol–water partition coefficient (Wildman–Crippen LogP) is 1.65. The standard InChI is InChI=1S/C18H23N7O/c1-13-5-7-15(8-6-13)25-18(20-21-22-25)24-10-3-4-14(12-24)16(26)17-19-9-11-23(17)2/h5-9,11,14,16,26H,3-4,10,12H2,1-2H3. The molecule has 2 atom stereocenters. The predicted molar refractivity (Wildman–Crippen MR) is 97.0 cm³/mol. The highest BCUT2D eigenvalue weighted by atomic mass is 16.3. The van der Waals surface area contributed by atoms with Crippen LogP contribution in [0.5, 0.6) is 0 Å². The second kappa shape index (κ2) is 6.87. The van der Waals surface area contributed by atoms with Crippen molar-refractivity contribution in [2.45, 2.75) is 25.9 Å². The van der Waals surface area contributed by atoms with E-state index >= 15 is 0 Å². The van der Waals surface area contributed by atoms with Crippen molar-refractivity contribution in [2.75, 3.05) is 18.0 Å². The molecule has 8 nitrogen and oxygen atoms in total. The van der Waals surface area contributed by atoms with E-state index in [1.54, 1.807) is 10.9 Å². The second-order valence-electron chi connectivity index (χ2n) is 6.92. The van der Waals surface area contributed by atoms with E-state index in [9.17, 15) is 5.11 Å². The summed E-state index contributed by atoms with van der Waals surface area (Å²) >= 11 is 0. The average Bonchev–Trinajstić information content (AvgIpc) is 3.31. The Kier molecular flexibility index (Phi) is 4.42. The van der Waals surface area contributed by atoms with Crippen LogP contribution in [0.4, 0.5) is 5.95 Å². The number of piperidine rings is 1. The van der Waals surface area contributed by atoms with Crippen molar-refractivity contribution >= 4 is 5.95 Å². The molecule has 4 rings (SSSR count). The molecule has 8 heteroatoms. The number of hydrogen-bond acceptors (Lipinski definition) is 6. The van der Waals surface area contributed by atoms with Crippen molar-refractivity contribution in [1.82, 2.24) is 29.8 Å². The van der Waals surface area contributed by atoms with E-state index in [-0.39, 0.29) is 5.92 Å². The topological polar surface area (TPSA) is 84.9 Å². The Morgan fingerprint density at radius 1 is 1.23 bits per heavy atom. The first-order valence-corrected chi connectivity index (χ1v) is 8.89. The minimum absolute atomic E-state index is 0.0908. The van der Waals surface area contributed by atoms with Gasteiger partial charge in [0.2, 0.25) is 5.95 Å². The summed E-state index contributed by atoms with van der Waals surface area (Å²) in [6.45, 7) is 3.62. The quantitative estimate of drug-likeness (QED) is 0.768. The Hall–Kier alpha value is -2.74. The summed E-state index contributed by atoms with van der Waals surface area (Å²) < 4.78 is 3.63. The Balaban J connectivity index is 1.56. The molecule has 26 heavy (non-hydrogen) atoms. The van der Waals surface area contributed by atoms with Gasteiger partial charge in [-0.3, -0.25) is 0 Å². The fourth-order valence-corrected chi connectivity index (χ4v) is 3.55. The Morgan fingerprint density at radius 3 is 2.77 bits per heavy atom. The van der Waals surface area contributed by atoms with Crippen LogP contribution in [0.3, 0.4) is 0 Å². The normalized spacial score (nSPS) is 18.9. The van der Waals surface area contributed by atoms with Crippen LogP contribution >= 0.6 is 0 Å². The van der Waals surface area contributed by atoms with Crippen LogP contribution < -0.4 is 4.90 Å². The third-order valence-corrected chi connectivity index (χ3v) is 5.04. The molecule has 136 valence electrons. The molecule has 1 aliphatic rings. The summed E-state index contributed by atoms with van der Waals surface area (Å²) in [5.41, 5.74) is 2.13. The molecule has 0 amide bonds. The van der Waals surface area contributed by atoms with Gasteiger partial charge in [-0.25, -0.2) is 4.98 Å². The van der Waals surface area contributed by atoms with Crippen LogP contribution in [0.1, 0.15) is 30.3 Å². The lowest BCUT2D eigenvalue weighted by Gasteiger charge is -2.34. The molecular weight excluding hydrogens is 330 g/mol. The monoisotopic (exact) mass is 353 g/mol. The number of nitrogens with zero attached hydrogens (tertiary/aromatic N) is 7. The Bertz CT molecular complexity index is 870. The SMILES string of the molecule is Cc1ccc(-n2nnnc2N2CCCC(C(O)c3nccn3C)C2)cc1. The van der Waals surface area contributed by atoms with Crippen molar-refractivity contribution < 1.29 is 5.11 Å². The first-order valence-electron chi connectivity index (χ1n) is 8.89. The minimum atomic E-state index is -0.596. The first kappa shape index (κ1) is 16.7. The average molecular weight is 353 g/mol. The van der Waals surface area contributed by atoms with Gasteiger partial charge in [-0.2, -0.15) is 4.68 Å². The van der Waals surface area contributed by atoms with Crippen LogP contribution in [0, 0.1) is 12.8 Å². The molecule has 0 bridgehead atoms. The van der Waals surface area contributed by atoms with E-state index in [1.807, 2.05) is 42.1 Å². The highest BCUT2D eigenvalue weighted by molar-refractivity contribution is 5.42. The van der Waals surface area contributed by atoms with E-state index in [1.165, 1.54) is 5.56 Å². The summed E-state index contributed by atoms with van der Waals surface area (Å²) in [6, 6.07) is 8.12. The number of rotatable bonds is 4. The number of aromatic nitrogens is 6. The molecule has 2 aromatic heterocycles. The third-order valence-electron chi connectivity index (χ3n) is 5.04. The highest BCUT2D eigenvalue weighted by Crippen LogP contribution is 2.31. The summed E-state index contributed by atoms with van der Waals surface area (Å²) in [7, 11) is 1.91. The number of aliphatic hydroxyl groups excluding tert-OH is 1. The van der Waals surface area contributed by atoms with Crippen molar-refractivity contribution in [3.63, 3.8) is 0 Å². The Morgan fingerprint density at radius 2 is 2.04 bits per heavy atom. The Labute approximate surface area is 152 Å². The molecule has 1 N–H and O–H groups in total. The van der Waals surface area contributed by atoms with E-state index < -0.39 is 6.10 Å². The van der Waals surface area contributed by atoms with Gasteiger partial charge in [-0.05, 0) is 42.3 Å². The van der Waals surface area contributed by atoms with Crippen LogP contribution in [0.25, 0.3) is 5.69 Å². The smallest absolute Gasteiger partial charge is 0.250 e. The largest absolute Gasteiger partial charge is 0.385 e. The molecular formula is C18H23N7O. The molecule has 2 unspecified atom stereocenters. The van der Waals surface area contributed by atoms with Crippen LogP contribution in [0.15, 0.2) is 36.7 Å². The van der Waals surface area contributed by atoms with Crippen LogP contribution in [-0.4, -0.2) is 48.0 Å². The van der Waals surface area contributed by atoms with Gasteiger partial charge in [0.25, 0.3) is 0 Å². The van der Waals surface area contributed by atoms with Crippen molar-refractivity contribution in [3.05, 3.63) is 48.0 Å². The zero-order valence-corrected chi connectivity index (χ0v) is 15.0. The van der Waals surface area contributed by atoms with Crippen molar-refractivity contribution in [3.8, 4) is 5.69 Å². The number of anilines is 1. The molecule has 1 aliphatic heterocycles. The van der Waals surface area contributed by atoms with Crippen molar-refractivity contribution in [1.29, 1.82) is 0 Å². The summed E-state index contributed by atoms with van der Waals surface area (Å²) in [6.07, 6.45) is 4.92. The van der Waals surface area contributed by atoms with E-state index in [0.29, 0.717) is 18.3 Å². The molecule has 1 fully saturated rings. The zero-order chi connectivity index (χ0) is 18.1. The highest BCUT2D eigenvalue weighted by Gasteiger charge is 2.31. The fraction of sp³-hybridized carbons (Fsp3) is 0.444. The van der Waals surface area contributed by atoms with E-state index in [2.05, 4.69) is 32.3 Å². The minimum Gasteiger partial charge on any atom is -0.385 e. The second-order valence-corrected chi connectivity index (χ2v) is 6.92. The lowest BCUT2D eigenvalue weighted by atomic mass is 9.92. The molecule has 1 aromatic carbocycles. The summed E-state index contributed by atoms with van der Waals surface area (Å²) in [4.78, 5) is 6.45. The van der Waals surface area contributed by atoms with Gasteiger partial charge in [-0.15, -0.1) is 0 Å². The molecule has 0 aliphatic carbocycles. The van der Waals surface area contributed by atoms with Gasteiger partial charge in [-0.1, -0.05) is 22.8 Å². The van der Waals surface area contributed by atoms with E-state index in [4.69, 9.17) is 0 Å². The summed E-state index contributed by atoms with van der Waals surface area (Å²) in [5.74, 6) is 1.51. The molecule has 0 radical (unpaired) electrons. The van der Waals surface area contributed by atoms with Gasteiger partial charge in [0.1, 0.15) is 11.9 Å². The molecule has 1 saturated heterocycles. The first-order chi connectivity index (χ1) is 12.6. The molecule has 0 spiro atoms. The van der Waals surface area contributed by atoms with Gasteiger partial charge in [0.05, 0.1) is 5.69 Å². The lowest BCUT2D eigenvalue weighted by Crippen LogP contribution is -2.39. The number of aliphatic hydroxyl groups is 1. The lowest BCUT2D eigenvalue weighted by molar-refractivity contribution is 0.0871. The molecule has 0 saturated carbocycles. The zero-order valence-electron chi connectivity index (χ0n) is 15.0. The van der Waals surface area contributed by atoms with Gasteiger partial charge in [0.15, 0.2) is 0 Å². The van der Waals surface area contributed by atoms with Crippen LogP contribution in [-0.2, 0) is 7.05 Å². The van der Waals surface area contributed by atoms with Crippen LogP contribution in [0.2, 0.25) is 0 Å². The molecule has 3 aromatic rings. The number of benzene rings is 1. The fourth-order valence-electron chi connectivity index (χ4n) is 3.55. The summed E-state index contributed by atoms with van der Waals surface area (Å²) in [5, 5.41) is 23.0. The molecule has 3 heterocycles. The third kappa shape index (κ3) is 3.08. The number of imidazole rings is 1. The number of hydrogen-bond donors (Lipinski definition) is 1. The van der Waals surface area contributed by atoms with Gasteiger partial charge < -0.3 is 14.6 Å². The van der Waals surface area contributed by atoms with Crippen molar-refractivity contribution in [2.24, 2.45) is 13.0 Å². The maximum atomic E-state index is 10.8. The number of tetrazole rings is 1. The van der Waals surface area contributed by atoms with Gasteiger partial charge in [0, 0.05) is 38.4 Å². The van der Waals surface area contributed by atoms with Gasteiger partial charge >= 0.3 is 0 Å².